The van der Waals surface area contributed by atoms with Crippen molar-refractivity contribution in [3.05, 3.63) is 82.7 Å². The molecule has 4 N–H and O–H groups in total. The van der Waals surface area contributed by atoms with E-state index in [1.165, 1.54) is 56.6 Å². The Labute approximate surface area is 252 Å². The zero-order valence-electron chi connectivity index (χ0n) is 23.6. The highest BCUT2D eigenvalue weighted by Gasteiger charge is 2.21. The molecule has 0 saturated carbocycles. The number of nitrogens with two attached hydrogens (primary N) is 2. The van der Waals surface area contributed by atoms with E-state index >= 15 is 0 Å². The first-order valence-corrected chi connectivity index (χ1v) is 14.9. The summed E-state index contributed by atoms with van der Waals surface area (Å²) >= 11 is 1.43. The molecule has 1 unspecified atom stereocenters. The maximum absolute atomic E-state index is 13.2. The normalized spacial score (nSPS) is 11.2. The number of carbonyl (C=O) groups is 2. The maximum atomic E-state index is 13.2. The van der Waals surface area contributed by atoms with Crippen LogP contribution in [0, 0.1) is 11.6 Å². The first-order chi connectivity index (χ1) is 20.5. The fourth-order valence-electron chi connectivity index (χ4n) is 3.54. The molecule has 43 heavy (non-hydrogen) atoms. The number of carbonyl (C=O) groups excluding carboxylic acids is 2. The van der Waals surface area contributed by atoms with E-state index in [2.05, 4.69) is 19.9 Å². The summed E-state index contributed by atoms with van der Waals surface area (Å²) in [4.78, 5) is 40.9. The minimum absolute atomic E-state index is 0.0433. The van der Waals surface area contributed by atoms with Crippen LogP contribution in [0.4, 0.5) is 20.4 Å². The van der Waals surface area contributed by atoms with Crippen LogP contribution >= 0.6 is 11.8 Å². The molecule has 4 aromatic rings. The van der Waals surface area contributed by atoms with Crippen LogP contribution in [-0.2, 0) is 10.8 Å². The van der Waals surface area contributed by atoms with Crippen molar-refractivity contribution in [2.75, 3.05) is 37.2 Å². The number of nitrogen functional groups attached to an aromatic ring is 2. The smallest absolute Gasteiger partial charge is 0.220 e. The molecule has 0 spiro atoms. The first-order valence-electron chi connectivity index (χ1n) is 12.6. The van der Waals surface area contributed by atoms with Gasteiger partial charge in [-0.1, -0.05) is 25.6 Å². The molecule has 0 amide bonds. The third-order valence-corrected chi connectivity index (χ3v) is 7.51. The molecule has 0 radical (unpaired) electrons. The maximum Gasteiger partial charge on any atom is 0.220 e. The lowest BCUT2D eigenvalue weighted by molar-refractivity contribution is 0.102. The predicted octanol–water partition coefficient (Wildman–Crippen LogP) is 4.11. The van der Waals surface area contributed by atoms with E-state index in [0.717, 1.165) is 24.0 Å². The van der Waals surface area contributed by atoms with Crippen molar-refractivity contribution in [1.29, 1.82) is 0 Å². The van der Waals surface area contributed by atoms with E-state index < -0.39 is 34.0 Å². The molecular weight excluding hydrogens is 602 g/mol. The summed E-state index contributed by atoms with van der Waals surface area (Å²) in [5, 5.41) is 0.584. The minimum Gasteiger partial charge on any atom is -0.496 e. The fraction of sp³-hybridized carbons (Fsp3) is 0.214. The number of rotatable bonds is 10. The second-order valence-corrected chi connectivity index (χ2v) is 11.2. The molecule has 4 rings (SSSR count). The number of hydrogen-bond donors (Lipinski definition) is 2. The lowest BCUT2D eigenvalue weighted by Crippen LogP contribution is -2.12. The Bertz CT molecular complexity index is 1680. The van der Waals surface area contributed by atoms with Gasteiger partial charge in [-0.15, -0.1) is 0 Å². The minimum atomic E-state index is -1.36. The van der Waals surface area contributed by atoms with Crippen molar-refractivity contribution in [1.82, 2.24) is 19.9 Å². The van der Waals surface area contributed by atoms with Crippen LogP contribution in [0.3, 0.4) is 0 Å². The summed E-state index contributed by atoms with van der Waals surface area (Å²) in [5.74, 6) is -0.511. The Balaban J connectivity index is 0.000000236. The third-order valence-electron chi connectivity index (χ3n) is 5.64. The number of halogens is 2. The lowest BCUT2D eigenvalue weighted by atomic mass is 10.0. The van der Waals surface area contributed by atoms with Crippen LogP contribution in [0.5, 0.6) is 11.5 Å². The lowest BCUT2D eigenvalue weighted by Gasteiger charge is -2.09. The summed E-state index contributed by atoms with van der Waals surface area (Å²) < 4.78 is 48.0. The molecule has 0 aliphatic rings. The Kier molecular flexibility index (Phi) is 11.6. The number of ether oxygens (including phenoxy) is 2. The molecule has 15 heteroatoms. The van der Waals surface area contributed by atoms with Gasteiger partial charge in [0.05, 0.1) is 47.3 Å². The van der Waals surface area contributed by atoms with Crippen molar-refractivity contribution in [3.63, 3.8) is 0 Å². The zero-order chi connectivity index (χ0) is 31.7. The topological polar surface area (TPSA) is 173 Å². The Hall–Kier alpha value is -4.50. The highest BCUT2D eigenvalue weighted by atomic mass is 32.2. The van der Waals surface area contributed by atoms with Crippen LogP contribution in [0.1, 0.15) is 45.7 Å². The Morgan fingerprint density at radius 1 is 0.814 bits per heavy atom. The second-order valence-electron chi connectivity index (χ2n) is 8.32. The second kappa shape index (κ2) is 15.1. The average molecular weight is 631 g/mol. The predicted molar refractivity (Wildman–Crippen MR) is 159 cm³/mol. The molecule has 2 aromatic carbocycles. The molecule has 0 fully saturated rings. The third kappa shape index (κ3) is 8.08. The summed E-state index contributed by atoms with van der Waals surface area (Å²) in [7, 11) is 1.34. The van der Waals surface area contributed by atoms with E-state index in [9.17, 15) is 22.6 Å². The van der Waals surface area contributed by atoms with Gasteiger partial charge in [0, 0.05) is 30.3 Å². The van der Waals surface area contributed by atoms with Gasteiger partial charge in [0.2, 0.25) is 16.7 Å². The largest absolute Gasteiger partial charge is 0.496 e. The molecular formula is C28H28F2N6O5S2. The molecule has 11 nitrogen and oxygen atoms in total. The number of nitrogens with zero attached hydrogens (tertiary/aromatic N) is 4. The zero-order valence-corrected chi connectivity index (χ0v) is 25.2. The van der Waals surface area contributed by atoms with Gasteiger partial charge in [-0.3, -0.25) is 13.8 Å². The molecule has 0 aliphatic carbocycles. The van der Waals surface area contributed by atoms with Gasteiger partial charge in [0.1, 0.15) is 34.8 Å². The van der Waals surface area contributed by atoms with Gasteiger partial charge in [-0.05, 0) is 30.0 Å². The van der Waals surface area contributed by atoms with E-state index in [-0.39, 0.29) is 50.5 Å². The molecule has 0 bridgehead atoms. The van der Waals surface area contributed by atoms with E-state index in [0.29, 0.717) is 10.9 Å². The Morgan fingerprint density at radius 3 is 1.72 bits per heavy atom. The number of anilines is 2. The van der Waals surface area contributed by atoms with Crippen LogP contribution < -0.4 is 20.9 Å². The van der Waals surface area contributed by atoms with E-state index in [4.69, 9.17) is 20.9 Å². The van der Waals surface area contributed by atoms with Crippen LogP contribution in [-0.4, -0.2) is 61.4 Å². The van der Waals surface area contributed by atoms with Crippen molar-refractivity contribution in [2.45, 2.75) is 24.2 Å². The van der Waals surface area contributed by atoms with E-state index in [1.807, 2.05) is 6.92 Å². The van der Waals surface area contributed by atoms with Gasteiger partial charge in [0.15, 0.2) is 5.16 Å². The summed E-state index contributed by atoms with van der Waals surface area (Å²) in [6.07, 6.45) is 2.60. The molecule has 2 aromatic heterocycles. The number of benzene rings is 2. The Morgan fingerprint density at radius 2 is 1.30 bits per heavy atom. The standard InChI is InChI=1S/C14H14FN3O3S.C14H14FN3O2S/c1-3-22(20)14-17-7-10(13(16)18-14)12(19)9-5-4-8(15)6-11(9)21-2;1-3-21-14-17-7-10(13(16)18-14)12(19)9-5-4-8(15)6-11(9)20-2/h4-7H,3H2,1-2H3,(H2,16,17,18);4-7H,3H2,1-2H3,(H2,16,17,18). The SMILES string of the molecule is CCS(=O)c1ncc(C(=O)c2ccc(F)cc2OC)c(N)n1.CCSc1ncc(C(=O)c2ccc(F)cc2OC)c(N)n1. The van der Waals surface area contributed by atoms with Gasteiger partial charge in [0.25, 0.3) is 0 Å². The van der Waals surface area contributed by atoms with Gasteiger partial charge < -0.3 is 20.9 Å². The van der Waals surface area contributed by atoms with Gasteiger partial charge in [-0.25, -0.2) is 28.7 Å². The quantitative estimate of drug-likeness (QED) is 0.146. The van der Waals surface area contributed by atoms with Crippen molar-refractivity contribution in [3.8, 4) is 11.5 Å². The number of methoxy groups -OCH3 is 2. The van der Waals surface area contributed by atoms with Crippen molar-refractivity contribution < 1.29 is 32.1 Å². The van der Waals surface area contributed by atoms with Gasteiger partial charge >= 0.3 is 0 Å². The highest BCUT2D eigenvalue weighted by molar-refractivity contribution is 7.99. The van der Waals surface area contributed by atoms with Crippen molar-refractivity contribution >= 4 is 45.8 Å². The van der Waals surface area contributed by atoms with E-state index in [1.54, 1.807) is 6.92 Å². The molecule has 0 saturated heterocycles. The number of thioether (sulfide) groups is 1. The highest BCUT2D eigenvalue weighted by Crippen LogP contribution is 2.26. The molecule has 1 atom stereocenters. The summed E-state index contributed by atoms with van der Waals surface area (Å²) in [6, 6.07) is 7.23. The van der Waals surface area contributed by atoms with Crippen LogP contribution in [0.2, 0.25) is 0 Å². The number of aromatic nitrogens is 4. The molecule has 0 aliphatic heterocycles. The number of ketones is 2. The van der Waals surface area contributed by atoms with Crippen LogP contribution in [0.15, 0.2) is 59.1 Å². The average Bonchev–Trinajstić information content (AvgIpc) is 3.00. The number of hydrogen-bond acceptors (Lipinski definition) is 12. The molecule has 226 valence electrons. The molecule has 2 heterocycles. The monoisotopic (exact) mass is 630 g/mol. The summed E-state index contributed by atoms with van der Waals surface area (Å²) in [5.41, 5.74) is 12.1. The first kappa shape index (κ1) is 33.0. The van der Waals surface area contributed by atoms with Crippen LogP contribution in [0.25, 0.3) is 0 Å². The summed E-state index contributed by atoms with van der Waals surface area (Å²) in [6.45, 7) is 3.69. The van der Waals surface area contributed by atoms with Gasteiger partial charge in [-0.2, -0.15) is 0 Å². The fourth-order valence-corrected chi connectivity index (χ4v) is 4.72. The van der Waals surface area contributed by atoms with Crippen molar-refractivity contribution in [2.24, 2.45) is 0 Å².